The lowest BCUT2D eigenvalue weighted by Crippen LogP contribution is -2.22. The number of nitrogens with one attached hydrogen (secondary N) is 1. The molecule has 0 radical (unpaired) electrons. The monoisotopic (exact) mass is 407 g/mol. The van der Waals surface area contributed by atoms with Gasteiger partial charge in [-0.25, -0.2) is 13.4 Å². The van der Waals surface area contributed by atoms with Crippen molar-refractivity contribution in [2.24, 2.45) is 5.92 Å². The Morgan fingerprint density at radius 1 is 1.33 bits per heavy atom. The quantitative estimate of drug-likeness (QED) is 0.795. The van der Waals surface area contributed by atoms with Crippen molar-refractivity contribution in [3.8, 4) is 0 Å². The summed E-state index contributed by atoms with van der Waals surface area (Å²) in [7, 11) is -1.12. The number of anilines is 1. The van der Waals surface area contributed by atoms with Crippen molar-refractivity contribution in [2.45, 2.75) is 44.7 Å². The lowest BCUT2D eigenvalue weighted by molar-refractivity contribution is -0.115. The van der Waals surface area contributed by atoms with E-state index < -0.39 is 9.84 Å². The first-order valence-electron chi connectivity index (χ1n) is 9.02. The highest BCUT2D eigenvalue weighted by atomic mass is 32.2. The first-order valence-corrected chi connectivity index (χ1v) is 11.5. The maximum Gasteiger partial charge on any atom is 0.230 e. The molecule has 0 aliphatic carbocycles. The zero-order chi connectivity index (χ0) is 19.8. The number of carbonyl (C=O) groups is 1. The first kappa shape index (κ1) is 20.0. The summed E-state index contributed by atoms with van der Waals surface area (Å²) >= 11 is 1.53. The number of fused-ring (bicyclic) bond motifs is 1. The van der Waals surface area contributed by atoms with E-state index in [1.807, 2.05) is 0 Å². The van der Waals surface area contributed by atoms with E-state index in [0.29, 0.717) is 11.0 Å². The molecule has 1 aliphatic heterocycles. The van der Waals surface area contributed by atoms with Crippen LogP contribution < -0.4 is 5.32 Å². The molecule has 2 heterocycles. The third kappa shape index (κ3) is 4.23. The minimum atomic E-state index is -3.22. The van der Waals surface area contributed by atoms with Crippen LogP contribution >= 0.6 is 11.3 Å². The Bertz CT molecular complexity index is 934. The van der Waals surface area contributed by atoms with Gasteiger partial charge in [-0.15, -0.1) is 11.3 Å². The first-order chi connectivity index (χ1) is 12.7. The number of hydrogen-bond acceptors (Lipinski definition) is 6. The van der Waals surface area contributed by atoms with Gasteiger partial charge in [-0.3, -0.25) is 9.69 Å². The van der Waals surface area contributed by atoms with Gasteiger partial charge in [0.2, 0.25) is 5.91 Å². The van der Waals surface area contributed by atoms with Crippen LogP contribution in [0.5, 0.6) is 0 Å². The molecule has 0 saturated heterocycles. The molecule has 1 amide bonds. The molecule has 0 fully saturated rings. The number of nitrogens with zero attached hydrogens (tertiary/aromatic N) is 2. The number of amides is 1. The Labute approximate surface area is 164 Å². The van der Waals surface area contributed by atoms with Crippen LogP contribution in [0.4, 0.5) is 5.13 Å². The largest absolute Gasteiger partial charge is 0.302 e. The van der Waals surface area contributed by atoms with Crippen molar-refractivity contribution in [1.29, 1.82) is 0 Å². The third-order valence-corrected chi connectivity index (χ3v) is 7.50. The van der Waals surface area contributed by atoms with Crippen molar-refractivity contribution in [2.75, 3.05) is 18.1 Å². The average Bonchev–Trinajstić information content (AvgIpc) is 3.10. The standard InChI is InChI=1S/C19H25N3O3S2/c1-5-27(24,25)14-8-6-13(7-9-14)10-16(23)20-19-21-17-15(26-19)11-22(4)18(17)12(2)3/h6-9,12,18H,5,10-11H2,1-4H3,(H,20,21,23). The fourth-order valence-corrected chi connectivity index (χ4v) is 5.42. The van der Waals surface area contributed by atoms with Crippen LogP contribution in [0.3, 0.4) is 0 Å². The third-order valence-electron chi connectivity index (χ3n) is 4.78. The number of rotatable bonds is 6. The van der Waals surface area contributed by atoms with Crippen molar-refractivity contribution in [3.63, 3.8) is 0 Å². The van der Waals surface area contributed by atoms with Crippen molar-refractivity contribution in [3.05, 3.63) is 40.4 Å². The van der Waals surface area contributed by atoms with E-state index in [9.17, 15) is 13.2 Å². The molecule has 146 valence electrons. The summed E-state index contributed by atoms with van der Waals surface area (Å²) in [4.78, 5) is 20.8. The fraction of sp³-hybridized carbons (Fsp3) is 0.474. The lowest BCUT2D eigenvalue weighted by atomic mass is 10.0. The predicted molar refractivity (Wildman–Crippen MR) is 108 cm³/mol. The van der Waals surface area contributed by atoms with Gasteiger partial charge in [0.25, 0.3) is 0 Å². The van der Waals surface area contributed by atoms with Crippen molar-refractivity contribution in [1.82, 2.24) is 9.88 Å². The molecule has 0 saturated carbocycles. The van der Waals surface area contributed by atoms with Gasteiger partial charge in [-0.05, 0) is 30.7 Å². The number of carbonyl (C=O) groups excluding carboxylic acids is 1. The Morgan fingerprint density at radius 2 is 2.00 bits per heavy atom. The van der Waals surface area contributed by atoms with Gasteiger partial charge in [0, 0.05) is 11.4 Å². The summed E-state index contributed by atoms with van der Waals surface area (Å²) in [5.41, 5.74) is 1.84. The van der Waals surface area contributed by atoms with Crippen LogP contribution in [-0.4, -0.2) is 37.0 Å². The summed E-state index contributed by atoms with van der Waals surface area (Å²) < 4.78 is 23.7. The molecule has 8 heteroatoms. The normalized spacial score (nSPS) is 17.3. The van der Waals surface area contributed by atoms with E-state index in [4.69, 9.17) is 0 Å². The van der Waals surface area contributed by atoms with Crippen LogP contribution in [0.2, 0.25) is 0 Å². The number of aromatic nitrogens is 1. The lowest BCUT2D eigenvalue weighted by Gasteiger charge is -2.23. The number of thiazole rings is 1. The van der Waals surface area contributed by atoms with E-state index in [-0.39, 0.29) is 29.0 Å². The van der Waals surface area contributed by atoms with Gasteiger partial charge in [0.15, 0.2) is 15.0 Å². The molecule has 1 unspecified atom stereocenters. The highest BCUT2D eigenvalue weighted by molar-refractivity contribution is 7.91. The van der Waals surface area contributed by atoms with E-state index in [1.165, 1.54) is 16.2 Å². The Hall–Kier alpha value is -1.77. The highest BCUT2D eigenvalue weighted by Gasteiger charge is 2.33. The van der Waals surface area contributed by atoms with Crippen molar-refractivity contribution >= 4 is 32.2 Å². The van der Waals surface area contributed by atoms with E-state index in [2.05, 4.69) is 36.1 Å². The van der Waals surface area contributed by atoms with Crippen LogP contribution in [-0.2, 0) is 27.6 Å². The fourth-order valence-electron chi connectivity index (χ4n) is 3.45. The molecule has 1 aromatic carbocycles. The molecule has 1 N–H and O–H groups in total. The molecule has 0 bridgehead atoms. The smallest absolute Gasteiger partial charge is 0.230 e. The summed E-state index contributed by atoms with van der Waals surface area (Å²) in [6, 6.07) is 6.78. The second-order valence-electron chi connectivity index (χ2n) is 7.20. The Morgan fingerprint density at radius 3 is 2.59 bits per heavy atom. The minimum Gasteiger partial charge on any atom is -0.302 e. The van der Waals surface area contributed by atoms with Gasteiger partial charge in [0.1, 0.15) is 0 Å². The summed E-state index contributed by atoms with van der Waals surface area (Å²) in [5.74, 6) is 0.372. The molecule has 2 aromatic rings. The molecular weight excluding hydrogens is 382 g/mol. The molecule has 6 nitrogen and oxygen atoms in total. The van der Waals surface area contributed by atoms with E-state index in [0.717, 1.165) is 17.8 Å². The second kappa shape index (κ2) is 7.69. The van der Waals surface area contributed by atoms with Crippen molar-refractivity contribution < 1.29 is 13.2 Å². The zero-order valence-electron chi connectivity index (χ0n) is 16.0. The Kier molecular flexibility index (Phi) is 5.69. The van der Waals surface area contributed by atoms with Gasteiger partial charge in [-0.1, -0.05) is 32.9 Å². The maximum atomic E-state index is 12.4. The summed E-state index contributed by atoms with van der Waals surface area (Å²) in [5, 5.41) is 3.52. The number of hydrogen-bond donors (Lipinski definition) is 1. The van der Waals surface area contributed by atoms with Gasteiger partial charge >= 0.3 is 0 Å². The Balaban J connectivity index is 1.66. The average molecular weight is 408 g/mol. The van der Waals surface area contributed by atoms with E-state index in [1.54, 1.807) is 31.2 Å². The summed E-state index contributed by atoms with van der Waals surface area (Å²) in [6.45, 7) is 6.83. The molecular formula is C19H25N3O3S2. The number of benzene rings is 1. The number of sulfone groups is 1. The molecule has 1 aliphatic rings. The zero-order valence-corrected chi connectivity index (χ0v) is 17.7. The molecule has 1 atom stereocenters. The van der Waals surface area contributed by atoms with Crippen LogP contribution in [0.25, 0.3) is 0 Å². The highest BCUT2D eigenvalue weighted by Crippen LogP contribution is 2.41. The predicted octanol–water partition coefficient (Wildman–Crippen LogP) is 3.26. The van der Waals surface area contributed by atoms with Gasteiger partial charge < -0.3 is 5.32 Å². The van der Waals surface area contributed by atoms with Crippen LogP contribution in [0, 0.1) is 5.92 Å². The van der Waals surface area contributed by atoms with Gasteiger partial charge in [0.05, 0.1) is 28.8 Å². The topological polar surface area (TPSA) is 79.4 Å². The van der Waals surface area contributed by atoms with E-state index >= 15 is 0 Å². The molecule has 3 rings (SSSR count). The molecule has 1 aromatic heterocycles. The molecule has 27 heavy (non-hydrogen) atoms. The van der Waals surface area contributed by atoms with Crippen LogP contribution in [0.1, 0.15) is 42.9 Å². The minimum absolute atomic E-state index is 0.0636. The SMILES string of the molecule is CCS(=O)(=O)c1ccc(CC(=O)Nc2nc3c(s2)CN(C)C3C(C)C)cc1. The summed E-state index contributed by atoms with van der Waals surface area (Å²) in [6.07, 6.45) is 0.185. The second-order valence-corrected chi connectivity index (χ2v) is 10.6. The molecule has 0 spiro atoms. The van der Waals surface area contributed by atoms with Gasteiger partial charge in [-0.2, -0.15) is 0 Å². The maximum absolute atomic E-state index is 12.4. The van der Waals surface area contributed by atoms with Crippen LogP contribution in [0.15, 0.2) is 29.2 Å².